The molecule has 5 N–H and O–H groups in total. The van der Waals surface area contributed by atoms with E-state index in [1.165, 1.54) is 13.0 Å². The molecule has 0 aromatic rings. The second-order valence-corrected chi connectivity index (χ2v) is 3.13. The molecule has 14 heavy (non-hydrogen) atoms. The second kappa shape index (κ2) is 4.24. The molecule has 1 aliphatic heterocycles. The summed E-state index contributed by atoms with van der Waals surface area (Å²) in [4.78, 5) is 0. The average molecular weight is 206 g/mol. The Kier molecular flexibility index (Phi) is 3.46. The van der Waals surface area contributed by atoms with Crippen LogP contribution in [-0.2, 0) is 4.74 Å². The van der Waals surface area contributed by atoms with Crippen LogP contribution in [-0.4, -0.2) is 56.2 Å². The first-order valence-corrected chi connectivity index (χ1v) is 4.22. The second-order valence-electron chi connectivity index (χ2n) is 3.13. The van der Waals surface area contributed by atoms with Crippen LogP contribution in [0.4, 0.5) is 0 Å². The van der Waals surface area contributed by atoms with Gasteiger partial charge in [-0.05, 0) is 13.0 Å². The van der Waals surface area contributed by atoms with Crippen molar-refractivity contribution in [3.63, 3.8) is 0 Å². The van der Waals surface area contributed by atoms with Crippen LogP contribution in [0.2, 0.25) is 0 Å². The molecule has 0 aliphatic carbocycles. The molecule has 0 aromatic carbocycles. The first kappa shape index (κ1) is 11.4. The third-order valence-corrected chi connectivity index (χ3v) is 2.18. The maximum atomic E-state index is 9.38. The van der Waals surface area contributed by atoms with Crippen molar-refractivity contribution in [1.82, 2.24) is 0 Å². The van der Waals surface area contributed by atoms with Crippen LogP contribution in [0.1, 0.15) is 6.92 Å². The molecule has 6 heteroatoms. The zero-order chi connectivity index (χ0) is 10.9. The van der Waals surface area contributed by atoms with Gasteiger partial charge in [-0.1, -0.05) is 0 Å². The molecule has 1 rings (SSSR count). The van der Waals surface area contributed by atoms with E-state index in [0.717, 1.165) is 0 Å². The normalized spacial score (nSPS) is 45.2. The lowest BCUT2D eigenvalue weighted by Crippen LogP contribution is -2.57. The highest BCUT2D eigenvalue weighted by atomic mass is 16.6. The predicted molar refractivity (Wildman–Crippen MR) is 45.3 cm³/mol. The van der Waals surface area contributed by atoms with Crippen LogP contribution < -0.4 is 0 Å². The smallest absolute Gasteiger partial charge is 0.184 e. The van der Waals surface area contributed by atoms with Gasteiger partial charge in [-0.15, -0.1) is 0 Å². The molecule has 0 amide bonds. The topological polar surface area (TPSA) is 110 Å². The fourth-order valence-electron chi connectivity index (χ4n) is 1.27. The van der Waals surface area contributed by atoms with Crippen molar-refractivity contribution in [3.05, 3.63) is 11.8 Å². The fraction of sp³-hybridized carbons (Fsp3) is 0.750. The van der Waals surface area contributed by atoms with Crippen molar-refractivity contribution in [2.24, 2.45) is 0 Å². The van der Waals surface area contributed by atoms with E-state index < -0.39 is 30.7 Å². The number of hydrogen-bond acceptors (Lipinski definition) is 6. The van der Waals surface area contributed by atoms with Crippen LogP contribution in [0.3, 0.4) is 0 Å². The summed E-state index contributed by atoms with van der Waals surface area (Å²) in [6, 6.07) is 0. The van der Waals surface area contributed by atoms with Gasteiger partial charge in [-0.3, -0.25) is 0 Å². The summed E-state index contributed by atoms with van der Waals surface area (Å²) in [5.74, 6) is -0.303. The van der Waals surface area contributed by atoms with Crippen LogP contribution in [0.25, 0.3) is 0 Å². The van der Waals surface area contributed by atoms with E-state index in [9.17, 15) is 15.3 Å². The molecular weight excluding hydrogens is 192 g/mol. The number of aliphatic hydroxyl groups excluding tert-OH is 5. The van der Waals surface area contributed by atoms with Crippen molar-refractivity contribution >= 4 is 0 Å². The number of hydrogen-bond donors (Lipinski definition) is 5. The van der Waals surface area contributed by atoms with E-state index in [2.05, 4.69) is 0 Å². The first-order valence-electron chi connectivity index (χ1n) is 4.22. The van der Waals surface area contributed by atoms with Gasteiger partial charge in [0.1, 0.15) is 30.2 Å². The molecule has 1 heterocycles. The van der Waals surface area contributed by atoms with Gasteiger partial charge in [0, 0.05) is 0 Å². The molecule has 5 atom stereocenters. The highest BCUT2D eigenvalue weighted by Crippen LogP contribution is 2.23. The molecule has 0 radical (unpaired) electrons. The summed E-state index contributed by atoms with van der Waals surface area (Å²) in [6.07, 6.45) is -6.17. The summed E-state index contributed by atoms with van der Waals surface area (Å²) in [5.41, 5.74) is 0. The van der Waals surface area contributed by atoms with Gasteiger partial charge >= 0.3 is 0 Å². The van der Waals surface area contributed by atoms with E-state index in [1.54, 1.807) is 0 Å². The predicted octanol–water partition coefficient (Wildman–Crippen LogP) is -1.75. The monoisotopic (exact) mass is 206 g/mol. The molecule has 6 nitrogen and oxygen atoms in total. The molecule has 82 valence electrons. The van der Waals surface area contributed by atoms with E-state index in [-0.39, 0.29) is 5.76 Å². The SMILES string of the molecule is CC=C(O)[C@H]1O[C@@H](O)[C@H](O)[C@H](O)[C@@H]1O. The average Bonchev–Trinajstić information content (AvgIpc) is 2.19. The molecule has 0 spiro atoms. The summed E-state index contributed by atoms with van der Waals surface area (Å²) in [5, 5.41) is 46.1. The van der Waals surface area contributed by atoms with Crippen LogP contribution in [0, 0.1) is 0 Å². The zero-order valence-corrected chi connectivity index (χ0v) is 7.61. The number of rotatable bonds is 1. The maximum Gasteiger partial charge on any atom is 0.184 e. The number of ether oxygens (including phenoxy) is 1. The number of allylic oxidation sites excluding steroid dienone is 1. The van der Waals surface area contributed by atoms with Crippen LogP contribution in [0.15, 0.2) is 11.8 Å². The summed E-state index contributed by atoms with van der Waals surface area (Å²) in [6.45, 7) is 1.51. The Morgan fingerprint density at radius 2 is 1.64 bits per heavy atom. The van der Waals surface area contributed by atoms with Gasteiger partial charge in [0.2, 0.25) is 0 Å². The Balaban J connectivity index is 2.80. The quantitative estimate of drug-likeness (QED) is 0.325. The molecule has 1 aliphatic rings. The van der Waals surface area contributed by atoms with Gasteiger partial charge in [0.05, 0.1) is 0 Å². The largest absolute Gasteiger partial charge is 0.510 e. The molecule has 0 bridgehead atoms. The summed E-state index contributed by atoms with van der Waals surface area (Å²) < 4.78 is 4.71. The van der Waals surface area contributed by atoms with Crippen LogP contribution >= 0.6 is 0 Å². The molecule has 0 saturated carbocycles. The minimum atomic E-state index is -1.62. The highest BCUT2D eigenvalue weighted by Gasteiger charge is 2.44. The van der Waals surface area contributed by atoms with Crippen molar-refractivity contribution in [2.45, 2.75) is 37.6 Å². The molecule has 0 aromatic heterocycles. The van der Waals surface area contributed by atoms with E-state index >= 15 is 0 Å². The fourth-order valence-corrected chi connectivity index (χ4v) is 1.27. The van der Waals surface area contributed by atoms with Gasteiger partial charge in [-0.2, -0.15) is 0 Å². The Hall–Kier alpha value is -0.660. The van der Waals surface area contributed by atoms with Crippen LogP contribution in [0.5, 0.6) is 0 Å². The highest BCUT2D eigenvalue weighted by molar-refractivity contribution is 5.05. The Morgan fingerprint density at radius 1 is 1.07 bits per heavy atom. The van der Waals surface area contributed by atoms with E-state index in [4.69, 9.17) is 14.9 Å². The third-order valence-electron chi connectivity index (χ3n) is 2.18. The van der Waals surface area contributed by atoms with E-state index in [1.807, 2.05) is 0 Å². The van der Waals surface area contributed by atoms with Gasteiger partial charge in [-0.25, -0.2) is 0 Å². The molecule has 1 saturated heterocycles. The lowest BCUT2D eigenvalue weighted by atomic mass is 9.98. The van der Waals surface area contributed by atoms with Crippen molar-refractivity contribution < 1.29 is 30.3 Å². The Labute approximate surface area is 80.7 Å². The van der Waals surface area contributed by atoms with Crippen molar-refractivity contribution in [2.75, 3.05) is 0 Å². The lowest BCUT2D eigenvalue weighted by molar-refractivity contribution is -0.278. The summed E-state index contributed by atoms with van der Waals surface area (Å²) in [7, 11) is 0. The maximum absolute atomic E-state index is 9.38. The van der Waals surface area contributed by atoms with Gasteiger partial charge < -0.3 is 30.3 Å². The minimum absolute atomic E-state index is 0.303. The van der Waals surface area contributed by atoms with Crippen molar-refractivity contribution in [1.29, 1.82) is 0 Å². The Morgan fingerprint density at radius 3 is 2.14 bits per heavy atom. The van der Waals surface area contributed by atoms with E-state index in [0.29, 0.717) is 0 Å². The van der Waals surface area contributed by atoms with Crippen molar-refractivity contribution in [3.8, 4) is 0 Å². The summed E-state index contributed by atoms with van der Waals surface area (Å²) >= 11 is 0. The molecule has 0 unspecified atom stereocenters. The third kappa shape index (κ3) is 1.89. The lowest BCUT2D eigenvalue weighted by Gasteiger charge is -2.37. The standard InChI is InChI=1S/C8H14O6/c1-2-3(9)7-5(11)4(10)6(12)8(13)14-7/h2,4-13H,1H3/t4-,5+,6-,7-,8-/m1/s1. The Bertz CT molecular complexity index is 228. The molecular formula is C8H14O6. The van der Waals surface area contributed by atoms with Gasteiger partial charge in [0.15, 0.2) is 6.29 Å². The molecule has 1 fully saturated rings. The first-order chi connectivity index (χ1) is 6.49. The number of aliphatic hydroxyl groups is 5. The van der Waals surface area contributed by atoms with Gasteiger partial charge in [0.25, 0.3) is 0 Å². The minimum Gasteiger partial charge on any atom is -0.510 e. The zero-order valence-electron chi connectivity index (χ0n) is 7.61.